The average molecular weight is 276 g/mol. The quantitative estimate of drug-likeness (QED) is 0.918. The molecule has 1 heterocycles. The molecule has 1 saturated heterocycles. The van der Waals surface area contributed by atoms with Crippen LogP contribution in [0.4, 0.5) is 5.69 Å². The SMILES string of the molecule is Cc1ccc(NC(=O)CCN2C[C@@H](C)O[C@@H](C)C2)cc1. The average Bonchev–Trinajstić information content (AvgIpc) is 2.38. The van der Waals surface area contributed by atoms with Gasteiger partial charge in [0.15, 0.2) is 0 Å². The monoisotopic (exact) mass is 276 g/mol. The fourth-order valence-corrected chi connectivity index (χ4v) is 2.59. The fraction of sp³-hybridized carbons (Fsp3) is 0.562. The van der Waals surface area contributed by atoms with Crippen molar-refractivity contribution < 1.29 is 9.53 Å². The standard InChI is InChI=1S/C16H24N2O2/c1-12-4-6-15(7-5-12)17-16(19)8-9-18-10-13(2)20-14(3)11-18/h4-7,13-14H,8-11H2,1-3H3,(H,17,19)/t13-,14+. The summed E-state index contributed by atoms with van der Waals surface area (Å²) in [4.78, 5) is 14.2. The number of hydrogen-bond acceptors (Lipinski definition) is 3. The number of amides is 1. The van der Waals surface area contributed by atoms with Crippen LogP contribution < -0.4 is 5.32 Å². The molecular weight excluding hydrogens is 252 g/mol. The molecule has 20 heavy (non-hydrogen) atoms. The number of hydrogen-bond donors (Lipinski definition) is 1. The number of carbonyl (C=O) groups is 1. The third-order valence-corrected chi connectivity index (χ3v) is 3.49. The summed E-state index contributed by atoms with van der Waals surface area (Å²) in [7, 11) is 0. The van der Waals surface area contributed by atoms with Gasteiger partial charge >= 0.3 is 0 Å². The molecule has 2 atom stereocenters. The van der Waals surface area contributed by atoms with E-state index in [0.717, 1.165) is 25.3 Å². The predicted octanol–water partition coefficient (Wildman–Crippen LogP) is 2.43. The van der Waals surface area contributed by atoms with Gasteiger partial charge in [-0.05, 0) is 32.9 Å². The molecule has 110 valence electrons. The Morgan fingerprint density at radius 1 is 1.25 bits per heavy atom. The van der Waals surface area contributed by atoms with E-state index < -0.39 is 0 Å². The number of carbonyl (C=O) groups excluding carboxylic acids is 1. The molecule has 1 aromatic rings. The van der Waals surface area contributed by atoms with Gasteiger partial charge in [-0.3, -0.25) is 9.69 Å². The van der Waals surface area contributed by atoms with Crippen LogP contribution in [-0.2, 0) is 9.53 Å². The number of ether oxygens (including phenoxy) is 1. The van der Waals surface area contributed by atoms with Crippen molar-refractivity contribution in [2.24, 2.45) is 0 Å². The van der Waals surface area contributed by atoms with Gasteiger partial charge in [0.1, 0.15) is 0 Å². The van der Waals surface area contributed by atoms with Gasteiger partial charge in [0.25, 0.3) is 0 Å². The van der Waals surface area contributed by atoms with Crippen LogP contribution in [0.5, 0.6) is 0 Å². The van der Waals surface area contributed by atoms with Gasteiger partial charge < -0.3 is 10.1 Å². The van der Waals surface area contributed by atoms with E-state index in [1.807, 2.05) is 31.2 Å². The van der Waals surface area contributed by atoms with Crippen LogP contribution in [0.3, 0.4) is 0 Å². The van der Waals surface area contributed by atoms with Gasteiger partial charge in [-0.1, -0.05) is 17.7 Å². The topological polar surface area (TPSA) is 41.6 Å². The third kappa shape index (κ3) is 4.62. The third-order valence-electron chi connectivity index (χ3n) is 3.49. The van der Waals surface area contributed by atoms with Crippen molar-refractivity contribution in [2.75, 3.05) is 25.0 Å². The van der Waals surface area contributed by atoms with Gasteiger partial charge in [0, 0.05) is 31.7 Å². The second-order valence-corrected chi connectivity index (χ2v) is 5.68. The first-order chi connectivity index (χ1) is 9.52. The minimum absolute atomic E-state index is 0.0700. The Kier molecular flexibility index (Phi) is 5.15. The first-order valence-corrected chi connectivity index (χ1v) is 7.27. The maximum Gasteiger partial charge on any atom is 0.225 e. The predicted molar refractivity (Wildman–Crippen MR) is 80.9 cm³/mol. The minimum atomic E-state index is 0.0700. The van der Waals surface area contributed by atoms with Crippen LogP contribution in [0, 0.1) is 6.92 Å². The summed E-state index contributed by atoms with van der Waals surface area (Å²) in [5.74, 6) is 0.0700. The van der Waals surface area contributed by atoms with Crippen LogP contribution in [0.2, 0.25) is 0 Å². The highest BCUT2D eigenvalue weighted by molar-refractivity contribution is 5.90. The van der Waals surface area contributed by atoms with Gasteiger partial charge in [0.05, 0.1) is 12.2 Å². The van der Waals surface area contributed by atoms with Gasteiger partial charge in [-0.2, -0.15) is 0 Å². The van der Waals surface area contributed by atoms with Gasteiger partial charge in [-0.25, -0.2) is 0 Å². The Hall–Kier alpha value is -1.39. The van der Waals surface area contributed by atoms with E-state index >= 15 is 0 Å². The van der Waals surface area contributed by atoms with E-state index in [1.54, 1.807) is 0 Å². The van der Waals surface area contributed by atoms with E-state index in [1.165, 1.54) is 5.56 Å². The smallest absolute Gasteiger partial charge is 0.225 e. The molecule has 1 N–H and O–H groups in total. The Morgan fingerprint density at radius 3 is 2.45 bits per heavy atom. The first-order valence-electron chi connectivity index (χ1n) is 7.27. The molecule has 0 unspecified atom stereocenters. The maximum absolute atomic E-state index is 11.9. The van der Waals surface area contributed by atoms with Crippen molar-refractivity contribution in [3.8, 4) is 0 Å². The zero-order valence-corrected chi connectivity index (χ0v) is 12.6. The zero-order chi connectivity index (χ0) is 14.5. The molecule has 2 rings (SSSR count). The van der Waals surface area contributed by atoms with Crippen LogP contribution >= 0.6 is 0 Å². The molecule has 0 spiro atoms. The number of nitrogens with one attached hydrogen (secondary N) is 1. The van der Waals surface area contributed by atoms with Crippen molar-refractivity contribution in [3.63, 3.8) is 0 Å². The molecule has 4 nitrogen and oxygen atoms in total. The Bertz CT molecular complexity index is 434. The second kappa shape index (κ2) is 6.86. The Labute approximate surface area is 121 Å². The maximum atomic E-state index is 11.9. The van der Waals surface area contributed by atoms with E-state index in [0.29, 0.717) is 6.42 Å². The summed E-state index contributed by atoms with van der Waals surface area (Å²) in [5, 5.41) is 2.93. The van der Waals surface area contributed by atoms with Crippen molar-refractivity contribution >= 4 is 11.6 Å². The minimum Gasteiger partial charge on any atom is -0.373 e. The summed E-state index contributed by atoms with van der Waals surface area (Å²) in [5.41, 5.74) is 2.06. The zero-order valence-electron chi connectivity index (χ0n) is 12.6. The molecule has 0 saturated carbocycles. The molecule has 0 radical (unpaired) electrons. The molecule has 1 aliphatic heterocycles. The van der Waals surface area contributed by atoms with Crippen molar-refractivity contribution in [2.45, 2.75) is 39.4 Å². The number of rotatable bonds is 4. The summed E-state index contributed by atoms with van der Waals surface area (Å²) in [6, 6.07) is 7.88. The number of benzene rings is 1. The molecule has 1 aromatic carbocycles. The van der Waals surface area contributed by atoms with Crippen LogP contribution in [0.1, 0.15) is 25.8 Å². The Morgan fingerprint density at radius 2 is 1.85 bits per heavy atom. The molecule has 1 fully saturated rings. The molecule has 0 aliphatic carbocycles. The first kappa shape index (κ1) is 15.0. The molecule has 1 amide bonds. The van der Waals surface area contributed by atoms with Crippen molar-refractivity contribution in [1.82, 2.24) is 4.90 Å². The number of morpholine rings is 1. The van der Waals surface area contributed by atoms with Gasteiger partial charge in [-0.15, -0.1) is 0 Å². The van der Waals surface area contributed by atoms with Crippen LogP contribution in [0.25, 0.3) is 0 Å². The summed E-state index contributed by atoms with van der Waals surface area (Å²) in [6.07, 6.45) is 1.02. The van der Waals surface area contributed by atoms with Crippen LogP contribution in [-0.4, -0.2) is 42.6 Å². The fourth-order valence-electron chi connectivity index (χ4n) is 2.59. The summed E-state index contributed by atoms with van der Waals surface area (Å²) < 4.78 is 5.69. The van der Waals surface area contributed by atoms with Crippen molar-refractivity contribution in [3.05, 3.63) is 29.8 Å². The largest absolute Gasteiger partial charge is 0.373 e. The summed E-state index contributed by atoms with van der Waals surface area (Å²) in [6.45, 7) is 8.79. The lowest BCUT2D eigenvalue weighted by Gasteiger charge is -2.35. The molecule has 0 bridgehead atoms. The molecule has 0 aromatic heterocycles. The normalized spacial score (nSPS) is 23.6. The van der Waals surface area contributed by atoms with E-state index in [-0.39, 0.29) is 18.1 Å². The van der Waals surface area contributed by atoms with E-state index in [9.17, 15) is 4.79 Å². The van der Waals surface area contributed by atoms with Crippen molar-refractivity contribution in [1.29, 1.82) is 0 Å². The molecule has 1 aliphatic rings. The highest BCUT2D eigenvalue weighted by Crippen LogP contribution is 2.12. The second-order valence-electron chi connectivity index (χ2n) is 5.68. The Balaban J connectivity index is 1.76. The molecular formula is C16H24N2O2. The number of nitrogens with zero attached hydrogens (tertiary/aromatic N) is 1. The van der Waals surface area contributed by atoms with Gasteiger partial charge in [0.2, 0.25) is 5.91 Å². The lowest BCUT2D eigenvalue weighted by atomic mass is 10.2. The van der Waals surface area contributed by atoms with E-state index in [4.69, 9.17) is 4.74 Å². The highest BCUT2D eigenvalue weighted by Gasteiger charge is 2.22. The number of anilines is 1. The summed E-state index contributed by atoms with van der Waals surface area (Å²) >= 11 is 0. The lowest BCUT2D eigenvalue weighted by molar-refractivity contribution is -0.117. The number of aryl methyl sites for hydroxylation is 1. The highest BCUT2D eigenvalue weighted by atomic mass is 16.5. The van der Waals surface area contributed by atoms with E-state index in [2.05, 4.69) is 24.1 Å². The van der Waals surface area contributed by atoms with Crippen LogP contribution in [0.15, 0.2) is 24.3 Å². The lowest BCUT2D eigenvalue weighted by Crippen LogP contribution is -2.46. The molecule has 4 heteroatoms.